The highest BCUT2D eigenvalue weighted by Crippen LogP contribution is 2.27. The van der Waals surface area contributed by atoms with E-state index in [1.807, 2.05) is 6.92 Å². The van der Waals surface area contributed by atoms with Gasteiger partial charge in [-0.05, 0) is 43.9 Å². The molecule has 1 saturated carbocycles. The van der Waals surface area contributed by atoms with Crippen molar-refractivity contribution in [2.24, 2.45) is 11.3 Å². The van der Waals surface area contributed by atoms with Gasteiger partial charge in [-0.3, -0.25) is 0 Å². The lowest BCUT2D eigenvalue weighted by Gasteiger charge is -2.28. The van der Waals surface area contributed by atoms with Crippen LogP contribution < -0.4 is 5.32 Å². The predicted octanol–water partition coefficient (Wildman–Crippen LogP) is 2.56. The van der Waals surface area contributed by atoms with Gasteiger partial charge < -0.3 is 10.4 Å². The SMILES string of the molecule is CC(O)CC(C)(C)CNC1CCC(C)C1. The number of hydrogen-bond donors (Lipinski definition) is 2. The topological polar surface area (TPSA) is 32.3 Å². The zero-order chi connectivity index (χ0) is 11.5. The molecule has 1 aliphatic carbocycles. The first-order valence-corrected chi connectivity index (χ1v) is 6.30. The monoisotopic (exact) mass is 213 g/mol. The molecule has 3 unspecified atom stereocenters. The maximum Gasteiger partial charge on any atom is 0.0517 e. The van der Waals surface area contributed by atoms with Crippen LogP contribution in [0.3, 0.4) is 0 Å². The van der Waals surface area contributed by atoms with Gasteiger partial charge in [-0.15, -0.1) is 0 Å². The Morgan fingerprint density at radius 3 is 2.53 bits per heavy atom. The van der Waals surface area contributed by atoms with Crippen LogP contribution in [0.5, 0.6) is 0 Å². The molecule has 1 fully saturated rings. The van der Waals surface area contributed by atoms with E-state index in [9.17, 15) is 5.11 Å². The van der Waals surface area contributed by atoms with Crippen molar-refractivity contribution in [3.8, 4) is 0 Å². The molecule has 0 bridgehead atoms. The fourth-order valence-electron chi connectivity index (χ4n) is 2.69. The van der Waals surface area contributed by atoms with Gasteiger partial charge in [-0.2, -0.15) is 0 Å². The Hall–Kier alpha value is -0.0800. The second kappa shape index (κ2) is 5.31. The van der Waals surface area contributed by atoms with Crippen LogP contribution in [0, 0.1) is 11.3 Å². The Morgan fingerprint density at radius 2 is 2.07 bits per heavy atom. The standard InChI is InChI=1S/C13H27NO/c1-10-5-6-12(7-10)14-9-13(3,4)8-11(2)15/h10-12,14-15H,5-9H2,1-4H3. The Morgan fingerprint density at radius 1 is 1.40 bits per heavy atom. The quantitative estimate of drug-likeness (QED) is 0.735. The third-order valence-electron chi connectivity index (χ3n) is 3.41. The van der Waals surface area contributed by atoms with Crippen molar-refractivity contribution >= 4 is 0 Å². The molecule has 0 spiro atoms. The molecule has 0 aromatic heterocycles. The summed E-state index contributed by atoms with van der Waals surface area (Å²) in [7, 11) is 0. The maximum absolute atomic E-state index is 9.39. The highest BCUT2D eigenvalue weighted by atomic mass is 16.3. The second-order valence-electron chi connectivity index (χ2n) is 6.21. The Kier molecular flexibility index (Phi) is 4.60. The van der Waals surface area contributed by atoms with Crippen LogP contribution in [0.25, 0.3) is 0 Å². The van der Waals surface area contributed by atoms with Crippen LogP contribution in [-0.4, -0.2) is 23.8 Å². The predicted molar refractivity (Wildman–Crippen MR) is 64.9 cm³/mol. The molecular weight excluding hydrogens is 186 g/mol. The normalized spacial score (nSPS) is 29.4. The first-order chi connectivity index (χ1) is 6.89. The van der Waals surface area contributed by atoms with Crippen molar-refractivity contribution < 1.29 is 5.11 Å². The number of aliphatic hydroxyl groups is 1. The number of hydrogen-bond acceptors (Lipinski definition) is 2. The third kappa shape index (κ3) is 4.98. The van der Waals surface area contributed by atoms with E-state index in [1.54, 1.807) is 0 Å². The van der Waals surface area contributed by atoms with E-state index in [0.29, 0.717) is 6.04 Å². The van der Waals surface area contributed by atoms with Crippen LogP contribution in [-0.2, 0) is 0 Å². The molecule has 0 aromatic carbocycles. The molecule has 1 aliphatic rings. The average Bonchev–Trinajstić information content (AvgIpc) is 2.46. The minimum absolute atomic E-state index is 0.190. The van der Waals surface area contributed by atoms with Gasteiger partial charge in [-0.1, -0.05) is 20.8 Å². The van der Waals surface area contributed by atoms with E-state index < -0.39 is 0 Å². The Labute approximate surface area is 94.5 Å². The van der Waals surface area contributed by atoms with E-state index in [2.05, 4.69) is 26.1 Å². The van der Waals surface area contributed by atoms with Crippen LogP contribution in [0.1, 0.15) is 53.4 Å². The minimum Gasteiger partial charge on any atom is -0.393 e. The molecule has 2 heteroatoms. The zero-order valence-electron chi connectivity index (χ0n) is 10.7. The molecule has 0 aromatic rings. The molecule has 0 heterocycles. The summed E-state index contributed by atoms with van der Waals surface area (Å²) in [6.45, 7) is 9.69. The van der Waals surface area contributed by atoms with E-state index in [1.165, 1.54) is 19.3 Å². The number of rotatable bonds is 5. The summed E-state index contributed by atoms with van der Waals surface area (Å²) in [5, 5.41) is 13.0. The van der Waals surface area contributed by atoms with E-state index >= 15 is 0 Å². The highest BCUT2D eigenvalue weighted by Gasteiger charge is 2.25. The molecule has 0 aliphatic heterocycles. The Bertz CT molecular complexity index is 189. The van der Waals surface area contributed by atoms with E-state index in [-0.39, 0.29) is 11.5 Å². The molecule has 2 N–H and O–H groups in total. The van der Waals surface area contributed by atoms with Crippen molar-refractivity contribution in [1.29, 1.82) is 0 Å². The summed E-state index contributed by atoms with van der Waals surface area (Å²) >= 11 is 0. The summed E-state index contributed by atoms with van der Waals surface area (Å²) in [5.74, 6) is 0.891. The van der Waals surface area contributed by atoms with Gasteiger partial charge >= 0.3 is 0 Å². The summed E-state index contributed by atoms with van der Waals surface area (Å²) in [5.41, 5.74) is 0.208. The molecule has 90 valence electrons. The van der Waals surface area contributed by atoms with Gasteiger partial charge in [0.15, 0.2) is 0 Å². The number of nitrogens with one attached hydrogen (secondary N) is 1. The average molecular weight is 213 g/mol. The van der Waals surface area contributed by atoms with Crippen LogP contribution in [0.4, 0.5) is 0 Å². The lowest BCUT2D eigenvalue weighted by molar-refractivity contribution is 0.126. The van der Waals surface area contributed by atoms with Crippen molar-refractivity contribution in [3.05, 3.63) is 0 Å². The molecular formula is C13H27NO. The van der Waals surface area contributed by atoms with Crippen molar-refractivity contribution in [2.75, 3.05) is 6.54 Å². The number of aliphatic hydroxyl groups excluding tert-OH is 1. The van der Waals surface area contributed by atoms with Gasteiger partial charge in [0.05, 0.1) is 6.10 Å². The van der Waals surface area contributed by atoms with Gasteiger partial charge in [0, 0.05) is 12.6 Å². The smallest absolute Gasteiger partial charge is 0.0517 e. The third-order valence-corrected chi connectivity index (χ3v) is 3.41. The van der Waals surface area contributed by atoms with Gasteiger partial charge in [0.2, 0.25) is 0 Å². The van der Waals surface area contributed by atoms with Gasteiger partial charge in [0.25, 0.3) is 0 Å². The summed E-state index contributed by atoms with van der Waals surface area (Å²) in [6, 6.07) is 0.716. The lowest BCUT2D eigenvalue weighted by atomic mass is 9.86. The molecule has 2 nitrogen and oxygen atoms in total. The molecule has 0 radical (unpaired) electrons. The van der Waals surface area contributed by atoms with Crippen molar-refractivity contribution in [3.63, 3.8) is 0 Å². The molecule has 1 rings (SSSR count). The van der Waals surface area contributed by atoms with Crippen LogP contribution in [0.15, 0.2) is 0 Å². The Balaban J connectivity index is 2.23. The fraction of sp³-hybridized carbons (Fsp3) is 1.00. The maximum atomic E-state index is 9.39. The highest BCUT2D eigenvalue weighted by molar-refractivity contribution is 4.82. The molecule has 15 heavy (non-hydrogen) atoms. The first-order valence-electron chi connectivity index (χ1n) is 6.30. The molecule has 0 amide bonds. The van der Waals surface area contributed by atoms with Crippen LogP contribution >= 0.6 is 0 Å². The summed E-state index contributed by atoms with van der Waals surface area (Å²) in [6.07, 6.45) is 4.71. The fourth-order valence-corrected chi connectivity index (χ4v) is 2.69. The van der Waals surface area contributed by atoms with Crippen molar-refractivity contribution in [2.45, 2.75) is 65.5 Å². The van der Waals surface area contributed by atoms with E-state index in [0.717, 1.165) is 18.9 Å². The largest absolute Gasteiger partial charge is 0.393 e. The molecule has 0 saturated heterocycles. The second-order valence-corrected chi connectivity index (χ2v) is 6.21. The van der Waals surface area contributed by atoms with E-state index in [4.69, 9.17) is 0 Å². The zero-order valence-corrected chi connectivity index (χ0v) is 10.7. The summed E-state index contributed by atoms with van der Waals surface area (Å²) in [4.78, 5) is 0. The molecule has 3 atom stereocenters. The van der Waals surface area contributed by atoms with Crippen LogP contribution in [0.2, 0.25) is 0 Å². The minimum atomic E-state index is -0.190. The van der Waals surface area contributed by atoms with Gasteiger partial charge in [-0.25, -0.2) is 0 Å². The van der Waals surface area contributed by atoms with Gasteiger partial charge in [0.1, 0.15) is 0 Å². The lowest BCUT2D eigenvalue weighted by Crippen LogP contribution is -2.37. The van der Waals surface area contributed by atoms with Crippen molar-refractivity contribution in [1.82, 2.24) is 5.32 Å². The summed E-state index contributed by atoms with van der Waals surface area (Å²) < 4.78 is 0. The first kappa shape index (κ1) is 13.0.